The Hall–Kier alpha value is -0.960. The molecule has 0 amide bonds. The topological polar surface area (TPSA) is 83.6 Å². The third kappa shape index (κ3) is 3.99. The molecule has 0 bridgehead atoms. The fourth-order valence-corrected chi connectivity index (χ4v) is 6.13. The van der Waals surface area contributed by atoms with Gasteiger partial charge in [0.25, 0.3) is 0 Å². The Kier molecular flexibility index (Phi) is 5.01. The van der Waals surface area contributed by atoms with Crippen molar-refractivity contribution in [2.75, 3.05) is 19.6 Å². The molecule has 0 atom stereocenters. The number of sulfonamides is 2. The zero-order valence-corrected chi connectivity index (χ0v) is 15.4. The largest absolute Gasteiger partial charge is 0.240 e. The van der Waals surface area contributed by atoms with E-state index >= 15 is 0 Å². The summed E-state index contributed by atoms with van der Waals surface area (Å²) in [7, 11) is -6.62. The maximum atomic E-state index is 12.3. The van der Waals surface area contributed by atoms with Crippen molar-refractivity contribution >= 4 is 20.0 Å². The molecule has 1 aromatic carbocycles. The first kappa shape index (κ1) is 17.8. The molecule has 2 aliphatic rings. The van der Waals surface area contributed by atoms with Crippen LogP contribution in [0.2, 0.25) is 0 Å². The molecule has 1 saturated carbocycles. The van der Waals surface area contributed by atoms with E-state index in [2.05, 4.69) is 4.72 Å². The molecule has 6 nitrogen and oxygen atoms in total. The molecule has 0 aromatic heterocycles. The second-order valence-electron chi connectivity index (χ2n) is 6.76. The van der Waals surface area contributed by atoms with Crippen LogP contribution in [-0.4, -0.2) is 46.0 Å². The molecule has 0 unspecified atom stereocenters. The van der Waals surface area contributed by atoms with Crippen molar-refractivity contribution in [3.05, 3.63) is 29.8 Å². The maximum Gasteiger partial charge on any atom is 0.240 e. The number of aryl methyl sites for hydroxylation is 1. The lowest BCUT2D eigenvalue weighted by Gasteiger charge is -2.31. The van der Waals surface area contributed by atoms with Gasteiger partial charge >= 0.3 is 0 Å². The molecule has 2 fully saturated rings. The van der Waals surface area contributed by atoms with E-state index in [0.29, 0.717) is 32.5 Å². The first-order chi connectivity index (χ1) is 11.3. The number of benzene rings is 1. The smallest absolute Gasteiger partial charge is 0.212 e. The Bertz CT molecular complexity index is 793. The van der Waals surface area contributed by atoms with Gasteiger partial charge in [0.2, 0.25) is 20.0 Å². The minimum Gasteiger partial charge on any atom is -0.212 e. The predicted molar refractivity (Wildman–Crippen MR) is 92.6 cm³/mol. The molecule has 0 radical (unpaired) electrons. The zero-order chi connectivity index (χ0) is 17.4. The molecule has 24 heavy (non-hydrogen) atoms. The minimum absolute atomic E-state index is 0.172. The SMILES string of the molecule is Cc1cccc(S(=O)(=O)NCC2CCN(S(=O)(=O)C3CC3)CC2)c1. The molecular formula is C16H24N2O4S2. The highest BCUT2D eigenvalue weighted by atomic mass is 32.2. The Morgan fingerprint density at radius 3 is 2.33 bits per heavy atom. The lowest BCUT2D eigenvalue weighted by atomic mass is 9.99. The lowest BCUT2D eigenvalue weighted by molar-refractivity contribution is 0.274. The van der Waals surface area contributed by atoms with Gasteiger partial charge in [0.05, 0.1) is 10.1 Å². The van der Waals surface area contributed by atoms with E-state index in [1.165, 1.54) is 0 Å². The van der Waals surface area contributed by atoms with E-state index in [4.69, 9.17) is 0 Å². The van der Waals surface area contributed by atoms with E-state index in [1.807, 2.05) is 13.0 Å². The molecule has 134 valence electrons. The maximum absolute atomic E-state index is 12.3. The van der Waals surface area contributed by atoms with Gasteiger partial charge in [0.1, 0.15) is 0 Å². The lowest BCUT2D eigenvalue weighted by Crippen LogP contribution is -2.42. The van der Waals surface area contributed by atoms with Crippen molar-refractivity contribution in [1.29, 1.82) is 0 Å². The molecule has 0 spiro atoms. The van der Waals surface area contributed by atoms with Crippen molar-refractivity contribution in [2.45, 2.75) is 42.8 Å². The van der Waals surface area contributed by atoms with Gasteiger partial charge in [-0.15, -0.1) is 0 Å². The summed E-state index contributed by atoms with van der Waals surface area (Å²) in [5.41, 5.74) is 0.900. The van der Waals surface area contributed by atoms with Crippen LogP contribution in [0, 0.1) is 12.8 Å². The molecule has 1 N–H and O–H groups in total. The molecule has 1 aliphatic carbocycles. The fraction of sp³-hybridized carbons (Fsp3) is 0.625. The quantitative estimate of drug-likeness (QED) is 0.820. The molecular weight excluding hydrogens is 348 g/mol. The molecule has 8 heteroatoms. The Labute approximate surface area is 144 Å². The van der Waals surface area contributed by atoms with Gasteiger partial charge in [0.15, 0.2) is 0 Å². The van der Waals surface area contributed by atoms with Crippen molar-refractivity contribution in [3.63, 3.8) is 0 Å². The third-order valence-electron chi connectivity index (χ3n) is 4.74. The summed E-state index contributed by atoms with van der Waals surface area (Å²) in [6.07, 6.45) is 2.95. The fourth-order valence-electron chi connectivity index (χ4n) is 3.04. The van der Waals surface area contributed by atoms with Crippen LogP contribution in [0.15, 0.2) is 29.2 Å². The van der Waals surface area contributed by atoms with E-state index in [0.717, 1.165) is 18.4 Å². The normalized spacial score (nSPS) is 21.0. The Morgan fingerprint density at radius 1 is 1.08 bits per heavy atom. The van der Waals surface area contributed by atoms with Gasteiger partial charge in [-0.05, 0) is 56.2 Å². The molecule has 1 heterocycles. The summed E-state index contributed by atoms with van der Waals surface area (Å²) >= 11 is 0. The summed E-state index contributed by atoms with van der Waals surface area (Å²) < 4.78 is 53.3. The van der Waals surface area contributed by atoms with Crippen LogP contribution in [0.25, 0.3) is 0 Å². The van der Waals surface area contributed by atoms with Crippen molar-refractivity contribution in [2.24, 2.45) is 5.92 Å². The second kappa shape index (κ2) is 6.74. The summed E-state index contributed by atoms with van der Waals surface area (Å²) in [4.78, 5) is 0.274. The summed E-state index contributed by atoms with van der Waals surface area (Å²) in [6.45, 7) is 3.20. The van der Waals surface area contributed by atoms with Crippen LogP contribution >= 0.6 is 0 Å². The monoisotopic (exact) mass is 372 g/mol. The number of nitrogens with one attached hydrogen (secondary N) is 1. The number of piperidine rings is 1. The second-order valence-corrected chi connectivity index (χ2v) is 10.7. The van der Waals surface area contributed by atoms with E-state index in [-0.39, 0.29) is 16.1 Å². The zero-order valence-electron chi connectivity index (χ0n) is 13.8. The molecule has 3 rings (SSSR count). The predicted octanol–water partition coefficient (Wildman–Crippen LogP) is 1.48. The highest BCUT2D eigenvalue weighted by molar-refractivity contribution is 7.90. The van der Waals surface area contributed by atoms with Crippen LogP contribution in [0.1, 0.15) is 31.2 Å². The van der Waals surface area contributed by atoms with Gasteiger partial charge in [-0.3, -0.25) is 0 Å². The molecule has 1 aliphatic heterocycles. The van der Waals surface area contributed by atoms with Crippen molar-refractivity contribution < 1.29 is 16.8 Å². The first-order valence-corrected chi connectivity index (χ1v) is 11.3. The Morgan fingerprint density at radius 2 is 1.75 bits per heavy atom. The molecule has 1 saturated heterocycles. The van der Waals surface area contributed by atoms with Crippen LogP contribution < -0.4 is 4.72 Å². The summed E-state index contributed by atoms with van der Waals surface area (Å²) in [5, 5.41) is -0.172. The highest BCUT2D eigenvalue weighted by Gasteiger charge is 2.41. The number of hydrogen-bond acceptors (Lipinski definition) is 4. The number of nitrogens with zero attached hydrogens (tertiary/aromatic N) is 1. The van der Waals surface area contributed by atoms with Crippen LogP contribution in [-0.2, 0) is 20.0 Å². The minimum atomic E-state index is -3.51. The van der Waals surface area contributed by atoms with Gasteiger partial charge < -0.3 is 0 Å². The van der Waals surface area contributed by atoms with Gasteiger partial charge in [-0.2, -0.15) is 0 Å². The van der Waals surface area contributed by atoms with Crippen molar-refractivity contribution in [1.82, 2.24) is 9.03 Å². The van der Waals surface area contributed by atoms with Gasteiger partial charge in [-0.25, -0.2) is 25.9 Å². The summed E-state index contributed by atoms with van der Waals surface area (Å²) in [5.74, 6) is 0.176. The average Bonchev–Trinajstić information content (AvgIpc) is 3.39. The average molecular weight is 373 g/mol. The van der Waals surface area contributed by atoms with E-state index in [9.17, 15) is 16.8 Å². The van der Waals surface area contributed by atoms with Gasteiger partial charge in [0, 0.05) is 19.6 Å². The third-order valence-corrected chi connectivity index (χ3v) is 8.56. The number of hydrogen-bond donors (Lipinski definition) is 1. The van der Waals surface area contributed by atoms with Crippen LogP contribution in [0.3, 0.4) is 0 Å². The Balaban J connectivity index is 1.53. The van der Waals surface area contributed by atoms with Crippen LogP contribution in [0.4, 0.5) is 0 Å². The van der Waals surface area contributed by atoms with E-state index < -0.39 is 20.0 Å². The standard InChI is InChI=1S/C16H24N2O4S2/c1-13-3-2-4-16(11-13)23(19,20)17-12-14-7-9-18(10-8-14)24(21,22)15-5-6-15/h2-4,11,14-15,17H,5-10,12H2,1H3. The van der Waals surface area contributed by atoms with Gasteiger partial charge in [-0.1, -0.05) is 12.1 Å². The van der Waals surface area contributed by atoms with Crippen molar-refractivity contribution in [3.8, 4) is 0 Å². The molecule has 1 aromatic rings. The van der Waals surface area contributed by atoms with Crippen LogP contribution in [0.5, 0.6) is 0 Å². The van der Waals surface area contributed by atoms with E-state index in [1.54, 1.807) is 22.5 Å². The first-order valence-electron chi connectivity index (χ1n) is 8.34. The summed E-state index contributed by atoms with van der Waals surface area (Å²) in [6, 6.07) is 6.81. The highest BCUT2D eigenvalue weighted by Crippen LogP contribution is 2.33. The number of rotatable bonds is 6.